The second kappa shape index (κ2) is 8.20. The van der Waals surface area contributed by atoms with Crippen LogP contribution < -0.4 is 0 Å². The predicted molar refractivity (Wildman–Crippen MR) is 94.8 cm³/mol. The minimum atomic E-state index is -0.245. The number of hydrogen-bond acceptors (Lipinski definition) is 1. The van der Waals surface area contributed by atoms with Crippen molar-refractivity contribution in [2.75, 3.05) is 19.6 Å². The lowest BCUT2D eigenvalue weighted by Gasteiger charge is -2.25. The van der Waals surface area contributed by atoms with Gasteiger partial charge in [0.2, 0.25) is 0 Å². The van der Waals surface area contributed by atoms with E-state index >= 15 is 0 Å². The average Bonchev–Trinajstić information content (AvgIpc) is 2.62. The Morgan fingerprint density at radius 1 is 0.792 bits per heavy atom. The van der Waals surface area contributed by atoms with Crippen molar-refractivity contribution in [2.45, 2.75) is 25.7 Å². The highest BCUT2D eigenvalue weighted by Crippen LogP contribution is 2.25. The summed E-state index contributed by atoms with van der Waals surface area (Å²) >= 11 is 0. The molecule has 126 valence electrons. The van der Waals surface area contributed by atoms with Crippen molar-refractivity contribution in [3.05, 3.63) is 77.4 Å². The third-order valence-electron chi connectivity index (χ3n) is 4.55. The highest BCUT2D eigenvalue weighted by molar-refractivity contribution is 5.79. The maximum absolute atomic E-state index is 13.2. The minimum absolute atomic E-state index is 0.245. The van der Waals surface area contributed by atoms with Gasteiger partial charge in [0.1, 0.15) is 11.6 Å². The van der Waals surface area contributed by atoms with Gasteiger partial charge in [-0.25, -0.2) is 8.78 Å². The van der Waals surface area contributed by atoms with Crippen molar-refractivity contribution >= 4 is 5.57 Å². The zero-order valence-electron chi connectivity index (χ0n) is 13.8. The number of likely N-dealkylation sites (tertiary alicyclic amines) is 1. The molecule has 2 aromatic carbocycles. The summed E-state index contributed by atoms with van der Waals surface area (Å²) in [7, 11) is 0. The Morgan fingerprint density at radius 2 is 1.29 bits per heavy atom. The second-order valence-electron chi connectivity index (χ2n) is 6.32. The summed E-state index contributed by atoms with van der Waals surface area (Å²) in [6.45, 7) is 3.39. The smallest absolute Gasteiger partial charge is 0.123 e. The van der Waals surface area contributed by atoms with Gasteiger partial charge in [0.05, 0.1) is 0 Å². The summed E-state index contributed by atoms with van der Waals surface area (Å²) in [5.74, 6) is -0.490. The van der Waals surface area contributed by atoms with E-state index in [1.807, 2.05) is 0 Å². The molecule has 1 saturated heterocycles. The van der Waals surface area contributed by atoms with Gasteiger partial charge in [0.15, 0.2) is 0 Å². The third kappa shape index (κ3) is 4.51. The molecule has 0 N–H and O–H groups in total. The minimum Gasteiger partial charge on any atom is -0.303 e. The van der Waals surface area contributed by atoms with Crippen LogP contribution in [0.25, 0.3) is 5.57 Å². The molecule has 1 aliphatic heterocycles. The largest absolute Gasteiger partial charge is 0.303 e. The fourth-order valence-electron chi connectivity index (χ4n) is 3.24. The van der Waals surface area contributed by atoms with Gasteiger partial charge >= 0.3 is 0 Å². The van der Waals surface area contributed by atoms with Gasteiger partial charge in [-0.1, -0.05) is 36.8 Å². The zero-order chi connectivity index (χ0) is 16.8. The molecule has 2 aromatic rings. The number of hydrogen-bond donors (Lipinski definition) is 0. The summed E-state index contributed by atoms with van der Waals surface area (Å²) in [5, 5.41) is 0. The number of nitrogens with zero attached hydrogens (tertiary/aromatic N) is 1. The summed E-state index contributed by atoms with van der Waals surface area (Å²) in [6, 6.07) is 13.0. The van der Waals surface area contributed by atoms with E-state index in [0.717, 1.165) is 29.7 Å². The van der Waals surface area contributed by atoms with Gasteiger partial charge in [-0.05, 0) is 73.3 Å². The quantitative estimate of drug-likeness (QED) is 0.723. The van der Waals surface area contributed by atoms with E-state index < -0.39 is 0 Å². The number of piperidine rings is 1. The summed E-state index contributed by atoms with van der Waals surface area (Å²) in [4.78, 5) is 2.49. The van der Waals surface area contributed by atoms with Gasteiger partial charge < -0.3 is 4.90 Å². The molecule has 1 heterocycles. The first-order valence-corrected chi connectivity index (χ1v) is 8.67. The number of halogens is 2. The molecule has 24 heavy (non-hydrogen) atoms. The van der Waals surface area contributed by atoms with Crippen molar-refractivity contribution in [3.63, 3.8) is 0 Å². The van der Waals surface area contributed by atoms with Crippen molar-refractivity contribution in [2.24, 2.45) is 0 Å². The molecule has 0 atom stereocenters. The molecule has 0 radical (unpaired) electrons. The summed E-state index contributed by atoms with van der Waals surface area (Å²) in [5.41, 5.74) is 2.95. The second-order valence-corrected chi connectivity index (χ2v) is 6.32. The zero-order valence-corrected chi connectivity index (χ0v) is 13.8. The number of rotatable bonds is 5. The van der Waals surface area contributed by atoms with E-state index in [9.17, 15) is 8.78 Å². The lowest BCUT2D eigenvalue weighted by Crippen LogP contribution is -2.30. The van der Waals surface area contributed by atoms with E-state index in [2.05, 4.69) is 11.0 Å². The SMILES string of the molecule is Fc1ccc(C(=CCCN2CCCCC2)c2ccc(F)cc2)cc1. The van der Waals surface area contributed by atoms with Crippen LogP contribution in [0.2, 0.25) is 0 Å². The summed E-state index contributed by atoms with van der Waals surface area (Å²) < 4.78 is 26.4. The molecule has 3 rings (SSSR count). The third-order valence-corrected chi connectivity index (χ3v) is 4.55. The van der Waals surface area contributed by atoms with Gasteiger partial charge in [-0.2, -0.15) is 0 Å². The Bertz CT molecular complexity index is 620. The van der Waals surface area contributed by atoms with Crippen LogP contribution in [-0.2, 0) is 0 Å². The maximum atomic E-state index is 13.2. The Balaban J connectivity index is 1.79. The standard InChI is InChI=1S/C21H23F2N/c22-19-10-6-17(7-11-19)21(18-8-12-20(23)13-9-18)5-4-16-24-14-2-1-3-15-24/h5-13H,1-4,14-16H2. The van der Waals surface area contributed by atoms with E-state index in [1.54, 1.807) is 24.3 Å². The van der Waals surface area contributed by atoms with Crippen LogP contribution in [0, 0.1) is 11.6 Å². The van der Waals surface area contributed by atoms with Crippen LogP contribution in [0.15, 0.2) is 54.6 Å². The molecule has 0 bridgehead atoms. The van der Waals surface area contributed by atoms with Gasteiger partial charge in [-0.15, -0.1) is 0 Å². The lowest BCUT2D eigenvalue weighted by atomic mass is 9.96. The first-order chi connectivity index (χ1) is 11.7. The van der Waals surface area contributed by atoms with Crippen LogP contribution in [0.3, 0.4) is 0 Å². The molecule has 1 fully saturated rings. The fourth-order valence-corrected chi connectivity index (χ4v) is 3.24. The first-order valence-electron chi connectivity index (χ1n) is 8.67. The Hall–Kier alpha value is -2.00. The van der Waals surface area contributed by atoms with Crippen LogP contribution >= 0.6 is 0 Å². The van der Waals surface area contributed by atoms with Crippen LogP contribution in [0.5, 0.6) is 0 Å². The van der Waals surface area contributed by atoms with Crippen LogP contribution in [0.4, 0.5) is 8.78 Å². The Labute approximate surface area is 142 Å². The molecule has 0 spiro atoms. The molecular weight excluding hydrogens is 304 g/mol. The predicted octanol–water partition coefficient (Wildman–Crippen LogP) is 5.27. The van der Waals surface area contributed by atoms with Crippen LogP contribution in [-0.4, -0.2) is 24.5 Å². The van der Waals surface area contributed by atoms with Gasteiger partial charge in [0.25, 0.3) is 0 Å². The molecule has 0 saturated carbocycles. The Kier molecular flexibility index (Phi) is 5.76. The van der Waals surface area contributed by atoms with E-state index in [0.29, 0.717) is 0 Å². The molecule has 0 amide bonds. The van der Waals surface area contributed by atoms with Gasteiger partial charge in [-0.3, -0.25) is 0 Å². The van der Waals surface area contributed by atoms with Crippen molar-refractivity contribution in [3.8, 4) is 0 Å². The molecule has 1 aliphatic rings. The van der Waals surface area contributed by atoms with E-state index in [4.69, 9.17) is 0 Å². The van der Waals surface area contributed by atoms with Crippen molar-refractivity contribution in [1.82, 2.24) is 4.90 Å². The van der Waals surface area contributed by atoms with E-state index in [1.165, 1.54) is 56.6 Å². The Morgan fingerprint density at radius 3 is 1.79 bits per heavy atom. The van der Waals surface area contributed by atoms with Crippen LogP contribution in [0.1, 0.15) is 36.8 Å². The van der Waals surface area contributed by atoms with Gasteiger partial charge in [0, 0.05) is 6.54 Å². The molecule has 0 aliphatic carbocycles. The molecular formula is C21H23F2N. The number of benzene rings is 2. The lowest BCUT2D eigenvalue weighted by molar-refractivity contribution is 0.233. The molecule has 0 unspecified atom stereocenters. The normalized spacial score (nSPS) is 15.2. The fraction of sp³-hybridized carbons (Fsp3) is 0.333. The highest BCUT2D eigenvalue weighted by atomic mass is 19.1. The molecule has 3 heteroatoms. The summed E-state index contributed by atoms with van der Waals surface area (Å²) in [6.07, 6.45) is 7.03. The van der Waals surface area contributed by atoms with E-state index in [-0.39, 0.29) is 11.6 Å². The topological polar surface area (TPSA) is 3.24 Å². The molecule has 0 aromatic heterocycles. The highest BCUT2D eigenvalue weighted by Gasteiger charge is 2.10. The molecule has 1 nitrogen and oxygen atoms in total. The van der Waals surface area contributed by atoms with Crippen molar-refractivity contribution < 1.29 is 8.78 Å². The maximum Gasteiger partial charge on any atom is 0.123 e. The average molecular weight is 327 g/mol. The monoisotopic (exact) mass is 327 g/mol. The first kappa shape index (κ1) is 16.8. The van der Waals surface area contributed by atoms with Crippen molar-refractivity contribution in [1.29, 1.82) is 0 Å².